The number of carbonyl (C=O) groups excluding carboxylic acids is 1. The number of rotatable bonds is 6. The summed E-state index contributed by atoms with van der Waals surface area (Å²) in [5.41, 5.74) is 5.33. The largest absolute Gasteiger partial charge is 0.497 e. The minimum atomic E-state index is -0.196. The van der Waals surface area contributed by atoms with E-state index in [2.05, 4.69) is 21.3 Å². The molecule has 1 amide bonds. The lowest BCUT2D eigenvalue weighted by Crippen LogP contribution is -2.34. The Hall–Kier alpha value is -3.68. The molecule has 0 unspecified atom stereocenters. The third-order valence-electron chi connectivity index (χ3n) is 6.74. The van der Waals surface area contributed by atoms with Gasteiger partial charge in [0.05, 0.1) is 12.6 Å². The first-order chi connectivity index (χ1) is 17.9. The van der Waals surface area contributed by atoms with Gasteiger partial charge in [0.1, 0.15) is 16.7 Å². The van der Waals surface area contributed by atoms with Gasteiger partial charge < -0.3 is 10.1 Å². The Kier molecular flexibility index (Phi) is 7.26. The van der Waals surface area contributed by atoms with Gasteiger partial charge in [0, 0.05) is 55.9 Å². The van der Waals surface area contributed by atoms with Crippen molar-refractivity contribution in [1.29, 1.82) is 0 Å². The number of aryl methyl sites for hydroxylation is 1. The second-order valence-electron chi connectivity index (χ2n) is 9.19. The fourth-order valence-electron chi connectivity index (χ4n) is 4.77. The van der Waals surface area contributed by atoms with Crippen LogP contribution in [0.15, 0.2) is 60.8 Å². The monoisotopic (exact) mass is 518 g/mol. The van der Waals surface area contributed by atoms with Crippen LogP contribution < -0.4 is 10.1 Å². The van der Waals surface area contributed by atoms with E-state index in [1.807, 2.05) is 36.4 Å². The summed E-state index contributed by atoms with van der Waals surface area (Å²) in [6, 6.07) is 14.5. The molecule has 0 saturated heterocycles. The quantitative estimate of drug-likeness (QED) is 0.319. The van der Waals surface area contributed by atoms with Gasteiger partial charge in [0.25, 0.3) is 0 Å². The van der Waals surface area contributed by atoms with E-state index < -0.39 is 0 Å². The van der Waals surface area contributed by atoms with Crippen LogP contribution in [-0.2, 0) is 19.5 Å². The molecule has 6 nitrogen and oxygen atoms in total. The van der Waals surface area contributed by atoms with Crippen LogP contribution in [0.4, 0.5) is 9.18 Å². The van der Waals surface area contributed by atoms with Gasteiger partial charge in [-0.05, 0) is 59.5 Å². The van der Waals surface area contributed by atoms with Gasteiger partial charge in [0.15, 0.2) is 0 Å². The number of nitrogens with one attached hydrogen (secondary N) is 1. The molecule has 0 radical (unpaired) electrons. The second-order valence-corrected chi connectivity index (χ2v) is 9.57. The number of fused-ring (bicyclic) bond motifs is 3. The highest BCUT2D eigenvalue weighted by atomic mass is 35.5. The van der Waals surface area contributed by atoms with Gasteiger partial charge >= 0.3 is 6.03 Å². The third-order valence-corrected chi connectivity index (χ3v) is 6.95. The number of pyridine rings is 1. The number of hydrogen-bond donors (Lipinski definition) is 1. The summed E-state index contributed by atoms with van der Waals surface area (Å²) >= 11 is 5.99. The molecule has 0 atom stereocenters. The van der Waals surface area contributed by atoms with Crippen LogP contribution in [0, 0.1) is 12.7 Å². The minimum Gasteiger partial charge on any atom is -0.497 e. The smallest absolute Gasteiger partial charge is 0.326 e. The van der Waals surface area contributed by atoms with Crippen molar-refractivity contribution in [2.75, 3.05) is 20.2 Å². The summed E-state index contributed by atoms with van der Waals surface area (Å²) in [5, 5.41) is 4.45. The molecule has 0 bridgehead atoms. The number of methoxy groups -OCH3 is 1. The van der Waals surface area contributed by atoms with Gasteiger partial charge in [-0.25, -0.2) is 14.2 Å². The first kappa shape index (κ1) is 25.0. The number of carbonyl (C=O) groups is 1. The lowest BCUT2D eigenvalue weighted by molar-refractivity contribution is 0.240. The van der Waals surface area contributed by atoms with Gasteiger partial charge in [-0.15, -0.1) is 0 Å². The Bertz CT molecular complexity index is 1500. The number of benzene rings is 2. The molecule has 0 fully saturated rings. The Morgan fingerprint density at radius 1 is 1.22 bits per heavy atom. The van der Waals surface area contributed by atoms with Crippen LogP contribution in [0.25, 0.3) is 17.0 Å². The molecule has 37 heavy (non-hydrogen) atoms. The Morgan fingerprint density at radius 3 is 2.86 bits per heavy atom. The summed E-state index contributed by atoms with van der Waals surface area (Å²) in [5.74, 6) is 0.501. The molecule has 4 aromatic rings. The zero-order valence-corrected chi connectivity index (χ0v) is 21.6. The molecular weight excluding hydrogens is 491 g/mol. The van der Waals surface area contributed by atoms with Crippen molar-refractivity contribution in [3.05, 3.63) is 99.7 Å². The first-order valence-electron chi connectivity index (χ1n) is 12.2. The van der Waals surface area contributed by atoms with E-state index in [1.54, 1.807) is 43.0 Å². The Morgan fingerprint density at radius 2 is 2.08 bits per heavy atom. The highest BCUT2D eigenvalue weighted by Crippen LogP contribution is 2.33. The van der Waals surface area contributed by atoms with Crippen LogP contribution in [0.1, 0.15) is 27.9 Å². The van der Waals surface area contributed by atoms with E-state index >= 15 is 0 Å². The van der Waals surface area contributed by atoms with E-state index in [1.165, 1.54) is 0 Å². The van der Waals surface area contributed by atoms with Crippen LogP contribution in [0.2, 0.25) is 5.15 Å². The molecule has 1 N–H and O–H groups in total. The molecule has 190 valence electrons. The maximum atomic E-state index is 13.9. The maximum Gasteiger partial charge on any atom is 0.326 e. The average Bonchev–Trinajstić information content (AvgIpc) is 3.22. The number of hydrogen-bond acceptors (Lipinski definition) is 4. The van der Waals surface area contributed by atoms with Crippen LogP contribution >= 0.6 is 11.6 Å². The van der Waals surface area contributed by atoms with E-state index in [0.29, 0.717) is 29.6 Å². The fraction of sp³-hybridized carbons (Fsp3) is 0.241. The van der Waals surface area contributed by atoms with Gasteiger partial charge in [0.2, 0.25) is 0 Å². The van der Waals surface area contributed by atoms with Crippen molar-refractivity contribution in [2.24, 2.45) is 0 Å². The van der Waals surface area contributed by atoms with Crippen LogP contribution in [-0.4, -0.2) is 40.7 Å². The number of halogens is 2. The van der Waals surface area contributed by atoms with Crippen LogP contribution in [0.5, 0.6) is 5.75 Å². The van der Waals surface area contributed by atoms with Crippen molar-refractivity contribution < 1.29 is 13.9 Å². The van der Waals surface area contributed by atoms with Gasteiger partial charge in [-0.2, -0.15) is 0 Å². The summed E-state index contributed by atoms with van der Waals surface area (Å²) in [4.78, 5) is 19.7. The lowest BCUT2D eigenvalue weighted by Gasteiger charge is -2.27. The average molecular weight is 519 g/mol. The second kappa shape index (κ2) is 10.7. The number of ether oxygens (including phenoxy) is 1. The molecule has 2 aromatic carbocycles. The van der Waals surface area contributed by atoms with Crippen molar-refractivity contribution in [2.45, 2.75) is 26.4 Å². The normalized spacial score (nSPS) is 13.7. The Labute approximate surface area is 220 Å². The standard InChI is InChI=1S/C29H28ClFN4O2/c1-19-5-6-20(14-25(19)31)4-3-12-34-13-10-26-24(18-34)23-8-7-22(37-2)16-27(23)35(26)29(36)33-17-21-9-11-32-28(30)15-21/h3-9,11,14-16H,10,12-13,17-18H2,1-2H3,(H,33,36)/b4-3+. The van der Waals surface area contributed by atoms with E-state index in [0.717, 1.165) is 52.8 Å². The number of nitrogens with zero attached hydrogens (tertiary/aromatic N) is 3. The number of amides is 1. The molecule has 3 heterocycles. The van der Waals surface area contributed by atoms with Crippen molar-refractivity contribution in [3.63, 3.8) is 0 Å². The highest BCUT2D eigenvalue weighted by molar-refractivity contribution is 6.29. The molecule has 2 aromatic heterocycles. The summed E-state index contributed by atoms with van der Waals surface area (Å²) in [6.07, 6.45) is 6.36. The van der Waals surface area contributed by atoms with Gasteiger partial charge in [-0.3, -0.25) is 9.47 Å². The SMILES string of the molecule is COc1ccc2c3c(n(C(=O)NCc4ccnc(Cl)c4)c2c1)CCN(C/C=C/c1ccc(C)c(F)c1)C3. The molecule has 5 rings (SSSR count). The summed E-state index contributed by atoms with van der Waals surface area (Å²) in [7, 11) is 1.62. The van der Waals surface area contributed by atoms with Gasteiger partial charge in [-0.1, -0.05) is 35.9 Å². The molecule has 8 heteroatoms. The predicted octanol–water partition coefficient (Wildman–Crippen LogP) is 5.98. The lowest BCUT2D eigenvalue weighted by atomic mass is 10.0. The molecule has 1 aliphatic rings. The Balaban J connectivity index is 1.38. The molecule has 1 aliphatic heterocycles. The van der Waals surface area contributed by atoms with E-state index in [9.17, 15) is 9.18 Å². The molecule has 0 saturated carbocycles. The molecule has 0 aliphatic carbocycles. The topological polar surface area (TPSA) is 59.4 Å². The zero-order valence-electron chi connectivity index (χ0n) is 20.8. The number of aromatic nitrogens is 2. The van der Waals surface area contributed by atoms with Crippen molar-refractivity contribution >= 4 is 34.6 Å². The predicted molar refractivity (Wildman–Crippen MR) is 145 cm³/mol. The van der Waals surface area contributed by atoms with Crippen molar-refractivity contribution in [1.82, 2.24) is 19.8 Å². The zero-order chi connectivity index (χ0) is 25.9. The summed E-state index contributed by atoms with van der Waals surface area (Å²) < 4.78 is 21.1. The highest BCUT2D eigenvalue weighted by Gasteiger charge is 2.26. The minimum absolute atomic E-state index is 0.192. The van der Waals surface area contributed by atoms with E-state index in [-0.39, 0.29) is 11.8 Å². The summed E-state index contributed by atoms with van der Waals surface area (Å²) in [6.45, 7) is 4.35. The van der Waals surface area contributed by atoms with Crippen LogP contribution in [0.3, 0.4) is 0 Å². The fourth-order valence-corrected chi connectivity index (χ4v) is 4.96. The first-order valence-corrected chi connectivity index (χ1v) is 12.5. The molecule has 0 spiro atoms. The van der Waals surface area contributed by atoms with E-state index in [4.69, 9.17) is 16.3 Å². The van der Waals surface area contributed by atoms with Crippen molar-refractivity contribution in [3.8, 4) is 5.75 Å². The third kappa shape index (κ3) is 5.38. The maximum absolute atomic E-state index is 13.9. The molecular formula is C29H28ClFN4O2.